The monoisotopic (exact) mass is 233 g/mol. The second-order valence-corrected chi connectivity index (χ2v) is 3.55. The number of hydrogen-bond donors (Lipinski definition) is 1. The van der Waals surface area contributed by atoms with Gasteiger partial charge in [0.2, 0.25) is 0 Å². The Hall–Kier alpha value is -2.37. The van der Waals surface area contributed by atoms with Crippen molar-refractivity contribution in [2.24, 2.45) is 0 Å². The van der Waals surface area contributed by atoms with Crippen LogP contribution in [-0.4, -0.2) is 14.7 Å². The molecule has 0 amide bonds. The summed E-state index contributed by atoms with van der Waals surface area (Å²) in [6, 6.07) is 7.57. The maximum absolute atomic E-state index is 11.7. The molecular weight excluding hydrogens is 222 g/mol. The molecule has 1 aromatic heterocycles. The number of aromatic amines is 1. The highest BCUT2D eigenvalue weighted by Crippen LogP contribution is 2.20. The summed E-state index contributed by atoms with van der Waals surface area (Å²) in [5.41, 5.74) is 0.602. The minimum Gasteiger partial charge on any atom is -0.295 e. The van der Waals surface area contributed by atoms with Crippen molar-refractivity contribution in [1.29, 1.82) is 0 Å². The summed E-state index contributed by atoms with van der Waals surface area (Å²) in [6.07, 6.45) is 0.670. The number of nitro groups is 1. The lowest BCUT2D eigenvalue weighted by Crippen LogP contribution is -2.14. The van der Waals surface area contributed by atoms with Crippen LogP contribution >= 0.6 is 0 Å². The van der Waals surface area contributed by atoms with E-state index >= 15 is 0 Å². The van der Waals surface area contributed by atoms with E-state index < -0.39 is 4.92 Å². The molecule has 0 aliphatic rings. The van der Waals surface area contributed by atoms with Crippen molar-refractivity contribution in [2.75, 3.05) is 0 Å². The molecule has 17 heavy (non-hydrogen) atoms. The Balaban J connectivity index is 2.64. The van der Waals surface area contributed by atoms with E-state index in [0.29, 0.717) is 6.42 Å². The third-order valence-electron chi connectivity index (χ3n) is 2.47. The van der Waals surface area contributed by atoms with Crippen LogP contribution in [0.15, 0.2) is 35.1 Å². The van der Waals surface area contributed by atoms with Gasteiger partial charge < -0.3 is 0 Å². The molecule has 0 bridgehead atoms. The maximum atomic E-state index is 11.7. The molecule has 0 unspecified atom stereocenters. The van der Waals surface area contributed by atoms with E-state index in [4.69, 9.17) is 0 Å². The van der Waals surface area contributed by atoms with Gasteiger partial charge in [-0.25, -0.2) is 4.68 Å². The molecular formula is C11H11N3O3. The van der Waals surface area contributed by atoms with Crippen LogP contribution in [0.2, 0.25) is 0 Å². The van der Waals surface area contributed by atoms with E-state index in [1.165, 1.54) is 22.9 Å². The van der Waals surface area contributed by atoms with Crippen LogP contribution < -0.4 is 5.56 Å². The van der Waals surface area contributed by atoms with Gasteiger partial charge in [-0.3, -0.25) is 20.0 Å². The Morgan fingerprint density at radius 3 is 2.71 bits per heavy atom. The predicted octanol–water partition coefficient (Wildman–Crippen LogP) is 1.64. The van der Waals surface area contributed by atoms with Crippen molar-refractivity contribution >= 4 is 5.69 Å². The smallest absolute Gasteiger partial charge is 0.294 e. The molecule has 6 nitrogen and oxygen atoms in total. The third kappa shape index (κ3) is 1.96. The Labute approximate surface area is 96.6 Å². The number of nitro benzene ring substituents is 1. The lowest BCUT2D eigenvalue weighted by atomic mass is 10.3. The minimum atomic E-state index is -0.506. The molecule has 1 N–H and O–H groups in total. The number of para-hydroxylation sites is 2. The van der Waals surface area contributed by atoms with E-state index in [1.807, 2.05) is 6.92 Å². The molecule has 0 spiro atoms. The first-order chi connectivity index (χ1) is 8.13. The molecule has 88 valence electrons. The van der Waals surface area contributed by atoms with Crippen LogP contribution in [0.25, 0.3) is 5.69 Å². The van der Waals surface area contributed by atoms with Crippen LogP contribution in [0.4, 0.5) is 5.69 Å². The summed E-state index contributed by atoms with van der Waals surface area (Å²) in [6.45, 7) is 1.90. The number of benzene rings is 1. The lowest BCUT2D eigenvalue weighted by molar-refractivity contribution is -0.384. The first kappa shape index (κ1) is 11.1. The molecule has 2 rings (SSSR count). The zero-order valence-electron chi connectivity index (χ0n) is 9.21. The summed E-state index contributed by atoms with van der Waals surface area (Å²) >= 11 is 0. The topological polar surface area (TPSA) is 80.9 Å². The molecule has 1 heterocycles. The molecule has 0 saturated heterocycles. The zero-order chi connectivity index (χ0) is 12.4. The van der Waals surface area contributed by atoms with Gasteiger partial charge in [0, 0.05) is 17.8 Å². The van der Waals surface area contributed by atoms with Gasteiger partial charge in [0.25, 0.3) is 11.2 Å². The normalized spacial score (nSPS) is 10.4. The van der Waals surface area contributed by atoms with Gasteiger partial charge in [-0.1, -0.05) is 19.1 Å². The number of H-pyrrole nitrogens is 1. The fraction of sp³-hybridized carbons (Fsp3) is 0.182. The lowest BCUT2D eigenvalue weighted by Gasteiger charge is -2.02. The van der Waals surface area contributed by atoms with E-state index in [9.17, 15) is 14.9 Å². The number of hydrogen-bond acceptors (Lipinski definition) is 3. The summed E-state index contributed by atoms with van der Waals surface area (Å²) in [5.74, 6) is 0. The first-order valence-electron chi connectivity index (χ1n) is 5.18. The van der Waals surface area contributed by atoms with Crippen LogP contribution in [0.5, 0.6) is 0 Å². The van der Waals surface area contributed by atoms with E-state index in [1.54, 1.807) is 12.1 Å². The first-order valence-corrected chi connectivity index (χ1v) is 5.18. The highest BCUT2D eigenvalue weighted by atomic mass is 16.6. The van der Waals surface area contributed by atoms with E-state index in [0.717, 1.165) is 5.69 Å². The fourth-order valence-electron chi connectivity index (χ4n) is 1.61. The number of aromatic nitrogens is 2. The molecule has 1 aromatic carbocycles. The van der Waals surface area contributed by atoms with Gasteiger partial charge in [-0.2, -0.15) is 0 Å². The van der Waals surface area contributed by atoms with Gasteiger partial charge >= 0.3 is 0 Å². The second-order valence-electron chi connectivity index (χ2n) is 3.55. The van der Waals surface area contributed by atoms with Crippen molar-refractivity contribution < 1.29 is 4.92 Å². The number of aryl methyl sites for hydroxylation is 1. The van der Waals surface area contributed by atoms with Crippen LogP contribution in [0.3, 0.4) is 0 Å². The molecule has 0 saturated carbocycles. The second kappa shape index (κ2) is 4.25. The van der Waals surface area contributed by atoms with Gasteiger partial charge in [0.1, 0.15) is 5.69 Å². The Morgan fingerprint density at radius 2 is 2.12 bits per heavy atom. The largest absolute Gasteiger partial charge is 0.295 e. The van der Waals surface area contributed by atoms with Crippen molar-refractivity contribution in [2.45, 2.75) is 13.3 Å². The van der Waals surface area contributed by atoms with Crippen LogP contribution in [0.1, 0.15) is 12.6 Å². The average Bonchev–Trinajstić information content (AvgIpc) is 2.70. The van der Waals surface area contributed by atoms with Crippen LogP contribution in [0, 0.1) is 10.1 Å². The highest BCUT2D eigenvalue weighted by molar-refractivity contribution is 5.51. The summed E-state index contributed by atoms with van der Waals surface area (Å²) in [7, 11) is 0. The SMILES string of the molecule is CCc1cc(=O)n(-c2ccccc2[N+](=O)[O-])[nH]1. The molecule has 0 fully saturated rings. The van der Waals surface area contributed by atoms with Gasteiger partial charge in [-0.15, -0.1) is 0 Å². The quantitative estimate of drug-likeness (QED) is 0.646. The Bertz CT molecular complexity index is 612. The van der Waals surface area contributed by atoms with E-state index in [-0.39, 0.29) is 16.9 Å². The molecule has 2 aromatic rings. The fourth-order valence-corrected chi connectivity index (χ4v) is 1.61. The third-order valence-corrected chi connectivity index (χ3v) is 2.47. The molecule has 6 heteroatoms. The van der Waals surface area contributed by atoms with Crippen molar-refractivity contribution in [3.05, 3.63) is 56.5 Å². The predicted molar refractivity (Wildman–Crippen MR) is 62.4 cm³/mol. The van der Waals surface area contributed by atoms with Gasteiger partial charge in [-0.05, 0) is 12.5 Å². The minimum absolute atomic E-state index is 0.0981. The average molecular weight is 233 g/mol. The Kier molecular flexibility index (Phi) is 2.78. The molecule has 0 aliphatic heterocycles. The zero-order valence-corrected chi connectivity index (χ0v) is 9.21. The van der Waals surface area contributed by atoms with Gasteiger partial charge in [0.15, 0.2) is 0 Å². The standard InChI is InChI=1S/C11H11N3O3/c1-2-8-7-11(15)13(12-8)9-5-3-4-6-10(9)14(16)17/h3-7,12H,2H2,1H3. The molecule has 0 radical (unpaired) electrons. The van der Waals surface area contributed by atoms with Crippen molar-refractivity contribution in [1.82, 2.24) is 9.78 Å². The van der Waals surface area contributed by atoms with Crippen molar-refractivity contribution in [3.63, 3.8) is 0 Å². The number of rotatable bonds is 3. The van der Waals surface area contributed by atoms with E-state index in [2.05, 4.69) is 5.10 Å². The van der Waals surface area contributed by atoms with Crippen molar-refractivity contribution in [3.8, 4) is 5.69 Å². The van der Waals surface area contributed by atoms with Crippen LogP contribution in [-0.2, 0) is 6.42 Å². The number of nitrogens with zero attached hydrogens (tertiary/aromatic N) is 2. The molecule has 0 atom stereocenters. The maximum Gasteiger partial charge on any atom is 0.294 e. The number of nitrogens with one attached hydrogen (secondary N) is 1. The summed E-state index contributed by atoms with van der Waals surface area (Å²) in [4.78, 5) is 22.0. The van der Waals surface area contributed by atoms with Gasteiger partial charge in [0.05, 0.1) is 4.92 Å². The Morgan fingerprint density at radius 1 is 1.41 bits per heavy atom. The summed E-state index contributed by atoms with van der Waals surface area (Å²) < 4.78 is 1.19. The summed E-state index contributed by atoms with van der Waals surface area (Å²) in [5, 5.41) is 13.7. The molecule has 0 aliphatic carbocycles. The highest BCUT2D eigenvalue weighted by Gasteiger charge is 2.16.